The molecule has 108 valence electrons. The standard InChI is InChI=1S/C15H8FN3O2S/c16-8-3-1-7(2-4-8)10-6-5-9-11-12(22-14(9)17-10)13(20)19-15(21)18-11/h1-6H,(H2,18,19,20,21). The van der Waals surface area contributed by atoms with Gasteiger partial charge >= 0.3 is 5.69 Å². The summed E-state index contributed by atoms with van der Waals surface area (Å²) in [7, 11) is 0. The van der Waals surface area contributed by atoms with Gasteiger partial charge in [0.05, 0.1) is 11.2 Å². The van der Waals surface area contributed by atoms with Gasteiger partial charge in [-0.3, -0.25) is 9.78 Å². The molecule has 2 N–H and O–H groups in total. The first-order valence-electron chi connectivity index (χ1n) is 6.43. The van der Waals surface area contributed by atoms with E-state index in [0.717, 1.165) is 5.56 Å². The SMILES string of the molecule is O=c1[nH]c(=O)c2sc3nc(-c4ccc(F)cc4)ccc3c2[nH]1. The summed E-state index contributed by atoms with van der Waals surface area (Å²) in [6.45, 7) is 0. The maximum absolute atomic E-state index is 13.0. The van der Waals surface area contributed by atoms with Crippen LogP contribution in [0.15, 0.2) is 46.0 Å². The fourth-order valence-corrected chi connectivity index (χ4v) is 3.37. The van der Waals surface area contributed by atoms with E-state index >= 15 is 0 Å². The van der Waals surface area contributed by atoms with Gasteiger partial charge in [-0.15, -0.1) is 11.3 Å². The molecule has 5 nitrogen and oxygen atoms in total. The lowest BCUT2D eigenvalue weighted by Gasteiger charge is -2.00. The van der Waals surface area contributed by atoms with Crippen LogP contribution in [0.2, 0.25) is 0 Å². The topological polar surface area (TPSA) is 78.6 Å². The number of hydrogen-bond acceptors (Lipinski definition) is 4. The fraction of sp³-hybridized carbons (Fsp3) is 0. The Morgan fingerprint density at radius 2 is 1.77 bits per heavy atom. The Hall–Kier alpha value is -2.80. The average molecular weight is 313 g/mol. The van der Waals surface area contributed by atoms with Crippen LogP contribution in [0.3, 0.4) is 0 Å². The van der Waals surface area contributed by atoms with Gasteiger partial charge in [0.1, 0.15) is 15.3 Å². The van der Waals surface area contributed by atoms with Gasteiger partial charge in [0.15, 0.2) is 0 Å². The molecular weight excluding hydrogens is 305 g/mol. The molecule has 22 heavy (non-hydrogen) atoms. The van der Waals surface area contributed by atoms with E-state index in [9.17, 15) is 14.0 Å². The van der Waals surface area contributed by atoms with Gasteiger partial charge in [-0.1, -0.05) is 0 Å². The van der Waals surface area contributed by atoms with Gasteiger partial charge < -0.3 is 4.98 Å². The molecule has 0 aliphatic heterocycles. The molecule has 4 rings (SSSR count). The highest BCUT2D eigenvalue weighted by Gasteiger charge is 2.11. The first-order chi connectivity index (χ1) is 10.6. The Morgan fingerprint density at radius 1 is 1.00 bits per heavy atom. The molecule has 1 aromatic carbocycles. The third-order valence-corrected chi connectivity index (χ3v) is 4.47. The van der Waals surface area contributed by atoms with Crippen LogP contribution in [0.25, 0.3) is 31.7 Å². The van der Waals surface area contributed by atoms with Gasteiger partial charge in [-0.2, -0.15) is 0 Å². The van der Waals surface area contributed by atoms with E-state index in [0.29, 0.717) is 26.1 Å². The molecule has 0 aliphatic rings. The fourth-order valence-electron chi connectivity index (χ4n) is 2.35. The van der Waals surface area contributed by atoms with Crippen molar-refractivity contribution in [1.82, 2.24) is 15.0 Å². The summed E-state index contributed by atoms with van der Waals surface area (Å²) in [5.41, 5.74) is 0.984. The third-order valence-electron chi connectivity index (χ3n) is 3.37. The lowest BCUT2D eigenvalue weighted by Crippen LogP contribution is -2.20. The molecule has 0 spiro atoms. The predicted octanol–water partition coefficient (Wildman–Crippen LogP) is 2.63. The number of fused-ring (bicyclic) bond motifs is 3. The highest BCUT2D eigenvalue weighted by atomic mass is 32.1. The summed E-state index contributed by atoms with van der Waals surface area (Å²) in [5, 5.41) is 0.717. The van der Waals surface area contributed by atoms with Gasteiger partial charge in [0.25, 0.3) is 5.56 Å². The average Bonchev–Trinajstić information content (AvgIpc) is 2.86. The molecule has 0 atom stereocenters. The first kappa shape index (κ1) is 12.9. The van der Waals surface area contributed by atoms with Gasteiger partial charge in [0.2, 0.25) is 0 Å². The first-order valence-corrected chi connectivity index (χ1v) is 7.25. The smallest absolute Gasteiger partial charge is 0.305 e. The Kier molecular flexibility index (Phi) is 2.70. The molecule has 0 aliphatic carbocycles. The summed E-state index contributed by atoms with van der Waals surface area (Å²) in [6.07, 6.45) is 0. The second-order valence-corrected chi connectivity index (χ2v) is 5.77. The minimum absolute atomic E-state index is 0.309. The van der Waals surface area contributed by atoms with Crippen LogP contribution in [-0.4, -0.2) is 15.0 Å². The number of hydrogen-bond donors (Lipinski definition) is 2. The summed E-state index contributed by atoms with van der Waals surface area (Å²) < 4.78 is 13.4. The molecule has 3 aromatic heterocycles. The number of aromatic amines is 2. The van der Waals surface area contributed by atoms with E-state index in [-0.39, 0.29) is 5.82 Å². The highest BCUT2D eigenvalue weighted by Crippen LogP contribution is 2.30. The van der Waals surface area contributed by atoms with Crippen molar-refractivity contribution in [3.05, 3.63) is 63.1 Å². The molecule has 3 heterocycles. The van der Waals surface area contributed by atoms with Crippen LogP contribution in [0.5, 0.6) is 0 Å². The predicted molar refractivity (Wildman–Crippen MR) is 83.8 cm³/mol. The minimum Gasteiger partial charge on any atom is -0.305 e. The number of thiophene rings is 1. The monoisotopic (exact) mass is 313 g/mol. The third kappa shape index (κ3) is 1.94. The van der Waals surface area contributed by atoms with Crippen LogP contribution in [0.1, 0.15) is 0 Å². The molecule has 0 unspecified atom stereocenters. The molecule has 0 saturated heterocycles. The number of nitrogens with one attached hydrogen (secondary N) is 2. The Bertz CT molecular complexity index is 1130. The quantitative estimate of drug-likeness (QED) is 0.567. The van der Waals surface area contributed by atoms with Crippen molar-refractivity contribution in [1.29, 1.82) is 0 Å². The van der Waals surface area contributed by atoms with Crippen molar-refractivity contribution in [3.63, 3.8) is 0 Å². The molecular formula is C15H8FN3O2S. The van der Waals surface area contributed by atoms with E-state index in [2.05, 4.69) is 15.0 Å². The molecule has 4 aromatic rings. The van der Waals surface area contributed by atoms with Gasteiger partial charge in [0, 0.05) is 10.9 Å². The zero-order valence-corrected chi connectivity index (χ0v) is 11.8. The zero-order valence-electron chi connectivity index (χ0n) is 11.0. The number of halogens is 1. The molecule has 0 radical (unpaired) electrons. The maximum atomic E-state index is 13.0. The Morgan fingerprint density at radius 3 is 2.55 bits per heavy atom. The maximum Gasteiger partial charge on any atom is 0.326 e. The van der Waals surface area contributed by atoms with Gasteiger partial charge in [-0.05, 0) is 36.4 Å². The number of H-pyrrole nitrogens is 2. The summed E-state index contributed by atoms with van der Waals surface area (Å²) in [5.74, 6) is -0.309. The van der Waals surface area contributed by atoms with Crippen molar-refractivity contribution in [2.45, 2.75) is 0 Å². The second kappa shape index (κ2) is 4.60. The minimum atomic E-state index is -0.542. The highest BCUT2D eigenvalue weighted by molar-refractivity contribution is 7.25. The lowest BCUT2D eigenvalue weighted by molar-refractivity contribution is 0.628. The van der Waals surface area contributed by atoms with Crippen molar-refractivity contribution in [3.8, 4) is 11.3 Å². The molecule has 0 fully saturated rings. The van der Waals surface area contributed by atoms with Crippen LogP contribution in [0, 0.1) is 5.82 Å². The molecule has 0 amide bonds. The van der Waals surface area contributed by atoms with Crippen molar-refractivity contribution in [2.24, 2.45) is 0 Å². The normalized spacial score (nSPS) is 11.3. The lowest BCUT2D eigenvalue weighted by atomic mass is 10.1. The number of aromatic nitrogens is 3. The summed E-state index contributed by atoms with van der Waals surface area (Å²) in [6, 6.07) is 9.61. The largest absolute Gasteiger partial charge is 0.326 e. The number of rotatable bonds is 1. The van der Waals surface area contributed by atoms with E-state index in [1.54, 1.807) is 24.3 Å². The number of nitrogens with zero attached hydrogens (tertiary/aromatic N) is 1. The van der Waals surface area contributed by atoms with E-state index in [4.69, 9.17) is 0 Å². The van der Waals surface area contributed by atoms with Gasteiger partial charge in [-0.25, -0.2) is 14.2 Å². The van der Waals surface area contributed by atoms with Crippen LogP contribution in [0.4, 0.5) is 4.39 Å². The van der Waals surface area contributed by atoms with E-state index < -0.39 is 11.2 Å². The van der Waals surface area contributed by atoms with Crippen molar-refractivity contribution in [2.75, 3.05) is 0 Å². The Labute approximate surface area is 126 Å². The summed E-state index contributed by atoms with van der Waals surface area (Å²) >= 11 is 1.21. The van der Waals surface area contributed by atoms with E-state index in [1.807, 2.05) is 0 Å². The number of pyridine rings is 1. The number of benzene rings is 1. The van der Waals surface area contributed by atoms with Crippen molar-refractivity contribution < 1.29 is 4.39 Å². The van der Waals surface area contributed by atoms with E-state index in [1.165, 1.54) is 23.5 Å². The van der Waals surface area contributed by atoms with Crippen LogP contribution < -0.4 is 11.2 Å². The zero-order chi connectivity index (χ0) is 15.3. The van der Waals surface area contributed by atoms with Crippen molar-refractivity contribution >= 4 is 31.8 Å². The molecule has 7 heteroatoms. The Balaban J connectivity index is 2.00. The van der Waals surface area contributed by atoms with Crippen LogP contribution in [-0.2, 0) is 0 Å². The molecule has 0 bridgehead atoms. The summed E-state index contributed by atoms with van der Waals surface area (Å²) in [4.78, 5) is 33.2. The second-order valence-electron chi connectivity index (χ2n) is 4.77. The molecule has 0 saturated carbocycles. The van der Waals surface area contributed by atoms with Crippen LogP contribution >= 0.6 is 11.3 Å².